The quantitative estimate of drug-likeness (QED) is 0.685. The number of aromatic nitrogens is 1. The Labute approximate surface area is 166 Å². The lowest BCUT2D eigenvalue weighted by atomic mass is 9.86. The van der Waals surface area contributed by atoms with Crippen LogP contribution >= 0.6 is 11.6 Å². The fourth-order valence-corrected chi connectivity index (χ4v) is 3.29. The molecule has 0 atom stereocenters. The summed E-state index contributed by atoms with van der Waals surface area (Å²) in [6.07, 6.45) is 0.0781. The van der Waals surface area contributed by atoms with Crippen LogP contribution in [-0.2, 0) is 21.4 Å². The first-order chi connectivity index (χ1) is 13.3. The predicted molar refractivity (Wildman–Crippen MR) is 107 cm³/mol. The first kappa shape index (κ1) is 18.3. The zero-order valence-electron chi connectivity index (χ0n) is 15.4. The Kier molecular flexibility index (Phi) is 4.43. The van der Waals surface area contributed by atoms with Crippen molar-refractivity contribution >= 4 is 34.8 Å². The lowest BCUT2D eigenvalue weighted by molar-refractivity contribution is -0.119. The van der Waals surface area contributed by atoms with Crippen molar-refractivity contribution in [3.8, 4) is 11.3 Å². The van der Waals surface area contributed by atoms with Crippen molar-refractivity contribution in [1.82, 2.24) is 5.16 Å². The zero-order valence-corrected chi connectivity index (χ0v) is 16.1. The van der Waals surface area contributed by atoms with Gasteiger partial charge in [0.05, 0.1) is 17.5 Å². The third kappa shape index (κ3) is 3.39. The fraction of sp³-hybridized carbons (Fsp3) is 0.190. The molecule has 2 heterocycles. The van der Waals surface area contributed by atoms with Crippen LogP contribution < -0.4 is 10.6 Å². The highest BCUT2D eigenvalue weighted by atomic mass is 35.5. The number of hydrogen-bond donors (Lipinski definition) is 2. The molecule has 0 spiro atoms. The zero-order chi connectivity index (χ0) is 19.9. The highest BCUT2D eigenvalue weighted by Gasteiger charge is 2.38. The standard InChI is InChI=1S/C21H18ClN3O3/c1-21(2)16-9-14(7-8-17(16)24-20(21)27)23-19(26)11-15-10-18(28-25-15)12-3-5-13(22)6-4-12/h3-10H,11H2,1-2H3,(H,23,26)(H,24,27). The number of nitrogens with one attached hydrogen (secondary N) is 2. The van der Waals surface area contributed by atoms with E-state index in [1.807, 2.05) is 32.0 Å². The molecule has 7 heteroatoms. The summed E-state index contributed by atoms with van der Waals surface area (Å²) in [6, 6.07) is 14.3. The van der Waals surface area contributed by atoms with Crippen LogP contribution in [0.4, 0.5) is 11.4 Å². The summed E-state index contributed by atoms with van der Waals surface area (Å²) in [5.41, 5.74) is 3.01. The number of anilines is 2. The van der Waals surface area contributed by atoms with E-state index < -0.39 is 5.41 Å². The van der Waals surface area contributed by atoms with Crippen molar-refractivity contribution in [1.29, 1.82) is 0 Å². The van der Waals surface area contributed by atoms with E-state index in [9.17, 15) is 9.59 Å². The van der Waals surface area contributed by atoms with Gasteiger partial charge < -0.3 is 15.2 Å². The third-order valence-electron chi connectivity index (χ3n) is 4.82. The van der Waals surface area contributed by atoms with Crippen molar-refractivity contribution < 1.29 is 14.1 Å². The minimum absolute atomic E-state index is 0.0525. The molecular weight excluding hydrogens is 378 g/mol. The number of carbonyl (C=O) groups is 2. The summed E-state index contributed by atoms with van der Waals surface area (Å²) in [4.78, 5) is 24.4. The summed E-state index contributed by atoms with van der Waals surface area (Å²) in [5.74, 6) is 0.303. The topological polar surface area (TPSA) is 84.2 Å². The largest absolute Gasteiger partial charge is 0.356 e. The second kappa shape index (κ2) is 6.80. The van der Waals surface area contributed by atoms with Crippen molar-refractivity contribution in [3.63, 3.8) is 0 Å². The third-order valence-corrected chi connectivity index (χ3v) is 5.07. The van der Waals surface area contributed by atoms with E-state index in [2.05, 4.69) is 15.8 Å². The molecule has 4 rings (SSSR count). The first-order valence-electron chi connectivity index (χ1n) is 8.80. The van der Waals surface area contributed by atoms with Gasteiger partial charge >= 0.3 is 0 Å². The van der Waals surface area contributed by atoms with Gasteiger partial charge in [-0.1, -0.05) is 16.8 Å². The molecule has 3 aromatic rings. The molecule has 28 heavy (non-hydrogen) atoms. The van der Waals surface area contributed by atoms with Crippen LogP contribution in [0.5, 0.6) is 0 Å². The Balaban J connectivity index is 1.45. The van der Waals surface area contributed by atoms with E-state index in [4.69, 9.17) is 16.1 Å². The molecule has 2 amide bonds. The number of benzene rings is 2. The highest BCUT2D eigenvalue weighted by molar-refractivity contribution is 6.30. The van der Waals surface area contributed by atoms with Gasteiger partial charge in [0.25, 0.3) is 0 Å². The lowest BCUT2D eigenvalue weighted by Crippen LogP contribution is -2.27. The van der Waals surface area contributed by atoms with Crippen LogP contribution in [0, 0.1) is 0 Å². The van der Waals surface area contributed by atoms with E-state index in [-0.39, 0.29) is 18.2 Å². The van der Waals surface area contributed by atoms with E-state index in [1.165, 1.54) is 0 Å². The minimum atomic E-state index is -0.629. The van der Waals surface area contributed by atoms with E-state index in [0.29, 0.717) is 22.2 Å². The van der Waals surface area contributed by atoms with Gasteiger partial charge in [0, 0.05) is 28.0 Å². The number of carbonyl (C=O) groups excluding carboxylic acids is 2. The molecule has 2 N–H and O–H groups in total. The van der Waals surface area contributed by atoms with Crippen LogP contribution in [0.1, 0.15) is 25.1 Å². The number of halogens is 1. The molecule has 0 aliphatic carbocycles. The molecular formula is C21H18ClN3O3. The first-order valence-corrected chi connectivity index (χ1v) is 9.18. The van der Waals surface area contributed by atoms with E-state index >= 15 is 0 Å². The van der Waals surface area contributed by atoms with Gasteiger partial charge in [0.1, 0.15) is 0 Å². The molecule has 0 bridgehead atoms. The van der Waals surface area contributed by atoms with Gasteiger partial charge in [-0.2, -0.15) is 0 Å². The minimum Gasteiger partial charge on any atom is -0.356 e. The van der Waals surface area contributed by atoms with E-state index in [1.54, 1.807) is 30.3 Å². The molecule has 0 saturated heterocycles. The molecule has 0 saturated carbocycles. The SMILES string of the molecule is CC1(C)C(=O)Nc2ccc(NC(=O)Cc3cc(-c4ccc(Cl)cc4)on3)cc21. The van der Waals surface area contributed by atoms with Crippen LogP contribution in [0.3, 0.4) is 0 Å². The summed E-state index contributed by atoms with van der Waals surface area (Å²) in [5, 5.41) is 10.3. The van der Waals surface area contributed by atoms with Crippen LogP contribution in [0.25, 0.3) is 11.3 Å². The van der Waals surface area contributed by atoms with Crippen LogP contribution in [-0.4, -0.2) is 17.0 Å². The summed E-state index contributed by atoms with van der Waals surface area (Å²) < 4.78 is 5.32. The Morgan fingerprint density at radius 2 is 1.93 bits per heavy atom. The van der Waals surface area contributed by atoms with Crippen molar-refractivity contribution in [2.45, 2.75) is 25.7 Å². The molecule has 1 aliphatic rings. The predicted octanol–water partition coefficient (Wildman–Crippen LogP) is 4.41. The molecule has 1 aromatic heterocycles. The van der Waals surface area contributed by atoms with E-state index in [0.717, 1.165) is 16.8 Å². The number of fused-ring (bicyclic) bond motifs is 1. The average Bonchev–Trinajstić information content (AvgIpc) is 3.19. The highest BCUT2D eigenvalue weighted by Crippen LogP contribution is 2.38. The normalized spacial score (nSPS) is 14.5. The van der Waals surface area contributed by atoms with Gasteiger partial charge in [0.15, 0.2) is 5.76 Å². The molecule has 1 aliphatic heterocycles. The Morgan fingerprint density at radius 1 is 1.18 bits per heavy atom. The second-order valence-corrected chi connectivity index (χ2v) is 7.69. The maximum atomic E-state index is 12.4. The van der Waals surface area contributed by atoms with Gasteiger partial charge in [-0.3, -0.25) is 9.59 Å². The Hall–Kier alpha value is -3.12. The molecule has 0 radical (unpaired) electrons. The number of rotatable bonds is 4. The van der Waals surface area contributed by atoms with Gasteiger partial charge in [-0.25, -0.2) is 0 Å². The smallest absolute Gasteiger partial charge is 0.234 e. The monoisotopic (exact) mass is 395 g/mol. The molecule has 6 nitrogen and oxygen atoms in total. The molecule has 2 aromatic carbocycles. The summed E-state index contributed by atoms with van der Waals surface area (Å²) in [7, 11) is 0. The van der Waals surface area contributed by atoms with Crippen LogP contribution in [0.2, 0.25) is 5.02 Å². The average molecular weight is 396 g/mol. The molecule has 0 fully saturated rings. The van der Waals surface area contributed by atoms with Gasteiger partial charge in [0.2, 0.25) is 11.8 Å². The second-order valence-electron chi connectivity index (χ2n) is 7.25. The van der Waals surface area contributed by atoms with Crippen LogP contribution in [0.15, 0.2) is 53.1 Å². The van der Waals surface area contributed by atoms with Crippen molar-refractivity contribution in [3.05, 3.63) is 64.8 Å². The maximum absolute atomic E-state index is 12.4. The number of nitrogens with zero attached hydrogens (tertiary/aromatic N) is 1. The number of hydrogen-bond acceptors (Lipinski definition) is 4. The number of amides is 2. The van der Waals surface area contributed by atoms with Crippen molar-refractivity contribution in [2.75, 3.05) is 10.6 Å². The molecule has 142 valence electrons. The van der Waals surface area contributed by atoms with Gasteiger partial charge in [-0.05, 0) is 61.9 Å². The fourth-order valence-electron chi connectivity index (χ4n) is 3.16. The maximum Gasteiger partial charge on any atom is 0.234 e. The summed E-state index contributed by atoms with van der Waals surface area (Å²) in [6.45, 7) is 3.71. The van der Waals surface area contributed by atoms with Gasteiger partial charge in [-0.15, -0.1) is 0 Å². The summed E-state index contributed by atoms with van der Waals surface area (Å²) >= 11 is 5.89. The Bertz CT molecular complexity index is 1070. The van der Waals surface area contributed by atoms with Crippen molar-refractivity contribution in [2.24, 2.45) is 0 Å². The lowest BCUT2D eigenvalue weighted by Gasteiger charge is -2.16. The Morgan fingerprint density at radius 3 is 2.68 bits per heavy atom. The molecule has 0 unspecified atom stereocenters.